The van der Waals surface area contributed by atoms with Gasteiger partial charge in [0.25, 0.3) is 5.56 Å². The summed E-state index contributed by atoms with van der Waals surface area (Å²) in [6.07, 6.45) is 7.73. The van der Waals surface area contributed by atoms with Crippen LogP contribution in [0.25, 0.3) is 0 Å². The predicted octanol–water partition coefficient (Wildman–Crippen LogP) is 4.00. The summed E-state index contributed by atoms with van der Waals surface area (Å²) >= 11 is 0. The van der Waals surface area contributed by atoms with E-state index in [-0.39, 0.29) is 5.56 Å². The average Bonchev–Trinajstić information content (AvgIpc) is 2.54. The molecule has 0 unspecified atom stereocenters. The Bertz CT molecular complexity index is 714. The van der Waals surface area contributed by atoms with E-state index in [1.165, 1.54) is 19.3 Å². The van der Waals surface area contributed by atoms with E-state index >= 15 is 0 Å². The van der Waals surface area contributed by atoms with Crippen molar-refractivity contribution in [2.24, 2.45) is 5.41 Å². The molecule has 3 rings (SSSR count). The largest absolute Gasteiger partial charge is 0.310 e. The molecule has 0 atom stereocenters. The van der Waals surface area contributed by atoms with Crippen LogP contribution in [0, 0.1) is 5.41 Å². The second-order valence-electron chi connectivity index (χ2n) is 8.46. The maximum absolute atomic E-state index is 12.3. The highest BCUT2D eigenvalue weighted by atomic mass is 16.1. The standard InChI is InChI=1S/C21H33N3O/c1-5-7-19-22-18-14-24(12-9-16(18)20(25)23-19)13-10-17-15(2)8-6-11-21(17,3)4/h5-14H2,1-4H3,(H,22,23,25). The van der Waals surface area contributed by atoms with Crippen LogP contribution in [0.4, 0.5) is 0 Å². The number of aromatic nitrogens is 2. The number of aryl methyl sites for hydroxylation is 1. The molecule has 0 fully saturated rings. The van der Waals surface area contributed by atoms with Gasteiger partial charge in [-0.1, -0.05) is 31.9 Å². The molecule has 0 saturated carbocycles. The maximum atomic E-state index is 12.3. The van der Waals surface area contributed by atoms with E-state index in [9.17, 15) is 4.79 Å². The van der Waals surface area contributed by atoms with Crippen molar-refractivity contribution >= 4 is 0 Å². The van der Waals surface area contributed by atoms with Crippen molar-refractivity contribution < 1.29 is 0 Å². The highest BCUT2D eigenvalue weighted by Crippen LogP contribution is 2.41. The molecule has 0 radical (unpaired) electrons. The van der Waals surface area contributed by atoms with E-state index in [2.05, 4.69) is 37.6 Å². The van der Waals surface area contributed by atoms with Gasteiger partial charge in [-0.15, -0.1) is 0 Å². The SMILES string of the molecule is CCCc1nc2c(c(=O)[nH]1)CCN(CCC1=C(C)CCCC1(C)C)C2. The van der Waals surface area contributed by atoms with E-state index in [0.29, 0.717) is 5.41 Å². The highest BCUT2D eigenvalue weighted by molar-refractivity contribution is 5.24. The Labute approximate surface area is 151 Å². The fourth-order valence-corrected chi connectivity index (χ4v) is 4.59. The predicted molar refractivity (Wildman–Crippen MR) is 103 cm³/mol. The summed E-state index contributed by atoms with van der Waals surface area (Å²) in [6, 6.07) is 0. The van der Waals surface area contributed by atoms with Crippen molar-refractivity contribution in [2.45, 2.75) is 79.2 Å². The number of hydrogen-bond donors (Lipinski definition) is 1. The second-order valence-corrected chi connectivity index (χ2v) is 8.46. The molecule has 1 aromatic heterocycles. The lowest BCUT2D eigenvalue weighted by atomic mass is 9.71. The quantitative estimate of drug-likeness (QED) is 0.822. The van der Waals surface area contributed by atoms with E-state index < -0.39 is 0 Å². The molecule has 1 aromatic rings. The number of nitrogens with zero attached hydrogens (tertiary/aromatic N) is 2. The summed E-state index contributed by atoms with van der Waals surface area (Å²) in [5.41, 5.74) is 5.61. The minimum Gasteiger partial charge on any atom is -0.310 e. The zero-order valence-electron chi connectivity index (χ0n) is 16.4. The van der Waals surface area contributed by atoms with Crippen molar-refractivity contribution in [1.29, 1.82) is 0 Å². The molecular weight excluding hydrogens is 310 g/mol. The topological polar surface area (TPSA) is 49.0 Å². The fourth-order valence-electron chi connectivity index (χ4n) is 4.59. The highest BCUT2D eigenvalue weighted by Gasteiger charge is 2.29. The van der Waals surface area contributed by atoms with Crippen molar-refractivity contribution in [1.82, 2.24) is 14.9 Å². The van der Waals surface area contributed by atoms with Crippen LogP contribution >= 0.6 is 0 Å². The van der Waals surface area contributed by atoms with Crippen molar-refractivity contribution in [2.75, 3.05) is 13.1 Å². The molecule has 0 saturated heterocycles. The van der Waals surface area contributed by atoms with Gasteiger partial charge in [-0.3, -0.25) is 9.69 Å². The number of H-pyrrole nitrogens is 1. The van der Waals surface area contributed by atoms with Gasteiger partial charge in [0.15, 0.2) is 0 Å². The molecule has 1 aliphatic heterocycles. The zero-order chi connectivity index (χ0) is 18.0. The van der Waals surface area contributed by atoms with Crippen LogP contribution in [0.2, 0.25) is 0 Å². The Morgan fingerprint density at radius 1 is 1.24 bits per heavy atom. The molecule has 0 amide bonds. The average molecular weight is 344 g/mol. The third-order valence-corrected chi connectivity index (χ3v) is 6.05. The van der Waals surface area contributed by atoms with Crippen LogP contribution in [0.1, 0.15) is 76.9 Å². The molecule has 2 heterocycles. The summed E-state index contributed by atoms with van der Waals surface area (Å²) in [7, 11) is 0. The third kappa shape index (κ3) is 4.05. The van der Waals surface area contributed by atoms with Gasteiger partial charge in [-0.2, -0.15) is 0 Å². The summed E-state index contributed by atoms with van der Waals surface area (Å²) in [5, 5.41) is 0. The Morgan fingerprint density at radius 3 is 2.76 bits per heavy atom. The molecule has 0 aromatic carbocycles. The fraction of sp³-hybridized carbons (Fsp3) is 0.714. The lowest BCUT2D eigenvalue weighted by Crippen LogP contribution is -2.37. The Kier molecular flexibility index (Phi) is 5.47. The van der Waals surface area contributed by atoms with Crippen LogP contribution in [-0.2, 0) is 19.4 Å². The van der Waals surface area contributed by atoms with Gasteiger partial charge in [0.1, 0.15) is 5.82 Å². The number of fused-ring (bicyclic) bond motifs is 1. The first-order valence-electron chi connectivity index (χ1n) is 9.93. The van der Waals surface area contributed by atoms with Crippen LogP contribution in [-0.4, -0.2) is 28.0 Å². The minimum atomic E-state index is 0.0834. The van der Waals surface area contributed by atoms with Crippen LogP contribution in [0.5, 0.6) is 0 Å². The van der Waals surface area contributed by atoms with E-state index in [0.717, 1.165) is 62.4 Å². The van der Waals surface area contributed by atoms with Gasteiger partial charge in [0.05, 0.1) is 5.69 Å². The minimum absolute atomic E-state index is 0.0834. The first-order valence-corrected chi connectivity index (χ1v) is 9.93. The summed E-state index contributed by atoms with van der Waals surface area (Å²) in [4.78, 5) is 22.5. The van der Waals surface area contributed by atoms with Gasteiger partial charge in [-0.25, -0.2) is 4.98 Å². The zero-order valence-corrected chi connectivity index (χ0v) is 16.4. The van der Waals surface area contributed by atoms with E-state index in [1.54, 1.807) is 11.1 Å². The molecule has 4 nitrogen and oxygen atoms in total. The van der Waals surface area contributed by atoms with E-state index in [4.69, 9.17) is 4.98 Å². The van der Waals surface area contributed by atoms with Crippen molar-refractivity contribution in [3.05, 3.63) is 38.6 Å². The number of nitrogens with one attached hydrogen (secondary N) is 1. The van der Waals surface area contributed by atoms with Gasteiger partial charge >= 0.3 is 0 Å². The summed E-state index contributed by atoms with van der Waals surface area (Å²) in [5.74, 6) is 0.847. The Balaban J connectivity index is 1.70. The first kappa shape index (κ1) is 18.4. The van der Waals surface area contributed by atoms with Crippen molar-refractivity contribution in [3.63, 3.8) is 0 Å². The molecule has 2 aliphatic rings. The van der Waals surface area contributed by atoms with Crippen LogP contribution < -0.4 is 5.56 Å². The molecule has 1 aliphatic carbocycles. The molecule has 25 heavy (non-hydrogen) atoms. The number of rotatable bonds is 5. The molecule has 1 N–H and O–H groups in total. The Morgan fingerprint density at radius 2 is 2.04 bits per heavy atom. The molecule has 0 spiro atoms. The van der Waals surface area contributed by atoms with Crippen molar-refractivity contribution in [3.8, 4) is 0 Å². The van der Waals surface area contributed by atoms with Gasteiger partial charge in [0, 0.05) is 31.6 Å². The smallest absolute Gasteiger partial charge is 0.254 e. The van der Waals surface area contributed by atoms with E-state index in [1.807, 2.05) is 0 Å². The second kappa shape index (κ2) is 7.45. The lowest BCUT2D eigenvalue weighted by Gasteiger charge is -2.36. The first-order chi connectivity index (χ1) is 11.9. The number of aromatic amines is 1. The summed E-state index contributed by atoms with van der Waals surface area (Å²) < 4.78 is 0. The monoisotopic (exact) mass is 343 g/mol. The van der Waals surface area contributed by atoms with Crippen LogP contribution in [0.3, 0.4) is 0 Å². The number of hydrogen-bond acceptors (Lipinski definition) is 3. The molecular formula is C21H33N3O. The van der Waals surface area contributed by atoms with Crippen LogP contribution in [0.15, 0.2) is 15.9 Å². The number of allylic oxidation sites excluding steroid dienone is 1. The molecule has 138 valence electrons. The molecule has 4 heteroatoms. The van der Waals surface area contributed by atoms with Gasteiger partial charge < -0.3 is 4.98 Å². The lowest BCUT2D eigenvalue weighted by molar-refractivity contribution is 0.240. The Hall–Kier alpha value is -1.42. The molecule has 0 bridgehead atoms. The van der Waals surface area contributed by atoms with Gasteiger partial charge in [-0.05, 0) is 50.9 Å². The normalized spacial score (nSPS) is 20.6. The third-order valence-electron chi connectivity index (χ3n) is 6.05. The van der Waals surface area contributed by atoms with Gasteiger partial charge in [0.2, 0.25) is 0 Å². The summed E-state index contributed by atoms with van der Waals surface area (Å²) in [6.45, 7) is 12.1. The maximum Gasteiger partial charge on any atom is 0.254 e.